The van der Waals surface area contributed by atoms with E-state index in [1.54, 1.807) is 6.21 Å². The highest BCUT2D eigenvalue weighted by atomic mass is 16.2. The summed E-state index contributed by atoms with van der Waals surface area (Å²) in [6.07, 6.45) is 1.74. The first kappa shape index (κ1) is 17.0. The summed E-state index contributed by atoms with van der Waals surface area (Å²) in [7, 11) is 0. The van der Waals surface area contributed by atoms with Crippen LogP contribution in [0.1, 0.15) is 27.0 Å². The Morgan fingerprint density at radius 2 is 1.44 bits per heavy atom. The van der Waals surface area contributed by atoms with Gasteiger partial charge in [0.1, 0.15) is 0 Å². The Bertz CT molecular complexity index is 1140. The molecule has 0 radical (unpaired) electrons. The van der Waals surface area contributed by atoms with E-state index in [-0.39, 0.29) is 5.91 Å². The van der Waals surface area contributed by atoms with Crippen molar-refractivity contribution < 1.29 is 4.79 Å². The van der Waals surface area contributed by atoms with Crippen molar-refractivity contribution in [3.63, 3.8) is 0 Å². The van der Waals surface area contributed by atoms with Crippen molar-refractivity contribution >= 4 is 33.7 Å². The molecule has 0 bridgehead atoms. The number of hydrogen-bond donors (Lipinski definition) is 1. The Labute approximate surface area is 158 Å². The molecule has 3 heteroatoms. The predicted molar refractivity (Wildman–Crippen MR) is 112 cm³/mol. The van der Waals surface area contributed by atoms with Crippen molar-refractivity contribution in [3.8, 4) is 0 Å². The zero-order valence-corrected chi connectivity index (χ0v) is 15.4. The number of amides is 1. The molecule has 0 spiro atoms. The van der Waals surface area contributed by atoms with Gasteiger partial charge in [0, 0.05) is 11.1 Å². The van der Waals surface area contributed by atoms with E-state index in [0.717, 1.165) is 38.2 Å². The van der Waals surface area contributed by atoms with Gasteiger partial charge in [0.25, 0.3) is 5.91 Å². The third-order valence-electron chi connectivity index (χ3n) is 4.94. The van der Waals surface area contributed by atoms with Crippen LogP contribution in [0.2, 0.25) is 0 Å². The second-order valence-electron chi connectivity index (χ2n) is 6.73. The predicted octanol–water partition coefficient (Wildman–Crippen LogP) is 5.37. The molecule has 3 nitrogen and oxygen atoms in total. The lowest BCUT2D eigenvalue weighted by molar-refractivity contribution is 0.0955. The highest BCUT2D eigenvalue weighted by molar-refractivity contribution is 6.13. The number of fused-ring (bicyclic) bond motifs is 2. The molecule has 0 atom stereocenters. The molecule has 0 saturated carbocycles. The van der Waals surface area contributed by atoms with Gasteiger partial charge in [-0.2, -0.15) is 5.10 Å². The number of hydrogen-bond acceptors (Lipinski definition) is 2. The topological polar surface area (TPSA) is 41.5 Å². The number of carbonyl (C=O) groups excluding carboxylic acids is 1. The van der Waals surface area contributed by atoms with Crippen molar-refractivity contribution in [1.29, 1.82) is 0 Å². The van der Waals surface area contributed by atoms with Gasteiger partial charge < -0.3 is 0 Å². The Hall–Kier alpha value is -3.46. The van der Waals surface area contributed by atoms with Crippen LogP contribution >= 0.6 is 0 Å². The van der Waals surface area contributed by atoms with Crippen LogP contribution in [-0.2, 0) is 0 Å². The molecule has 27 heavy (non-hydrogen) atoms. The van der Waals surface area contributed by atoms with Crippen LogP contribution in [0.4, 0.5) is 0 Å². The van der Waals surface area contributed by atoms with Gasteiger partial charge in [-0.05, 0) is 64.7 Å². The summed E-state index contributed by atoms with van der Waals surface area (Å²) in [6, 6.07) is 24.3. The van der Waals surface area contributed by atoms with Crippen molar-refractivity contribution in [1.82, 2.24) is 5.43 Å². The van der Waals surface area contributed by atoms with E-state index in [9.17, 15) is 4.79 Å². The number of hydrazone groups is 1. The monoisotopic (exact) mass is 352 g/mol. The van der Waals surface area contributed by atoms with Gasteiger partial charge >= 0.3 is 0 Å². The lowest BCUT2D eigenvalue weighted by Gasteiger charge is -2.08. The molecule has 132 valence electrons. The average Bonchev–Trinajstić information content (AvgIpc) is 2.69. The van der Waals surface area contributed by atoms with E-state index in [1.807, 2.05) is 56.3 Å². The maximum atomic E-state index is 12.4. The first-order valence-electron chi connectivity index (χ1n) is 8.94. The number of nitrogens with zero attached hydrogens (tertiary/aromatic N) is 1. The van der Waals surface area contributed by atoms with Crippen LogP contribution in [0, 0.1) is 13.8 Å². The fourth-order valence-corrected chi connectivity index (χ4v) is 3.29. The quantitative estimate of drug-likeness (QED) is 0.300. The minimum absolute atomic E-state index is 0.209. The molecule has 0 unspecified atom stereocenters. The zero-order valence-electron chi connectivity index (χ0n) is 15.4. The highest BCUT2D eigenvalue weighted by Gasteiger charge is 2.07. The van der Waals surface area contributed by atoms with E-state index in [1.165, 1.54) is 0 Å². The summed E-state index contributed by atoms with van der Waals surface area (Å²) in [5.74, 6) is -0.209. The zero-order chi connectivity index (χ0) is 18.8. The Morgan fingerprint density at radius 1 is 0.815 bits per heavy atom. The Kier molecular flexibility index (Phi) is 4.43. The number of benzene rings is 4. The first-order chi connectivity index (χ1) is 13.1. The summed E-state index contributed by atoms with van der Waals surface area (Å²) in [5.41, 5.74) is 6.52. The molecule has 0 aromatic heterocycles. The standard InChI is InChI=1S/C24H20N2O/c1-16-11-12-20(13-17(16)2)24(27)26-25-15-23-21-9-5-3-7-18(21)14-19-8-4-6-10-22(19)23/h3-15H,1-2H3,(H,26,27). The summed E-state index contributed by atoms with van der Waals surface area (Å²) in [5, 5.41) is 8.77. The maximum Gasteiger partial charge on any atom is 0.271 e. The SMILES string of the molecule is Cc1ccc(C(=O)NN=Cc2c3ccccc3cc3ccccc23)cc1C. The maximum absolute atomic E-state index is 12.4. The van der Waals surface area contributed by atoms with Crippen LogP contribution in [-0.4, -0.2) is 12.1 Å². The van der Waals surface area contributed by atoms with Gasteiger partial charge in [-0.3, -0.25) is 4.79 Å². The summed E-state index contributed by atoms with van der Waals surface area (Å²) in [4.78, 5) is 12.4. The number of rotatable bonds is 3. The van der Waals surface area contributed by atoms with Gasteiger partial charge in [-0.15, -0.1) is 0 Å². The van der Waals surface area contributed by atoms with Gasteiger partial charge in [0.05, 0.1) is 6.21 Å². The smallest absolute Gasteiger partial charge is 0.267 e. The number of aryl methyl sites for hydroxylation is 2. The molecule has 1 N–H and O–H groups in total. The lowest BCUT2D eigenvalue weighted by atomic mass is 9.97. The molecule has 4 aromatic rings. The summed E-state index contributed by atoms with van der Waals surface area (Å²) >= 11 is 0. The minimum Gasteiger partial charge on any atom is -0.267 e. The van der Waals surface area contributed by atoms with Crippen molar-refractivity contribution in [2.24, 2.45) is 5.10 Å². The fraction of sp³-hybridized carbons (Fsp3) is 0.0833. The van der Waals surface area contributed by atoms with E-state index in [4.69, 9.17) is 0 Å². The second-order valence-corrected chi connectivity index (χ2v) is 6.73. The van der Waals surface area contributed by atoms with Gasteiger partial charge in [0.15, 0.2) is 0 Å². The minimum atomic E-state index is -0.209. The molecule has 4 aromatic carbocycles. The highest BCUT2D eigenvalue weighted by Crippen LogP contribution is 2.27. The van der Waals surface area contributed by atoms with Crippen LogP contribution in [0.5, 0.6) is 0 Å². The van der Waals surface area contributed by atoms with Gasteiger partial charge in [-0.25, -0.2) is 5.43 Å². The molecule has 0 aliphatic carbocycles. The van der Waals surface area contributed by atoms with E-state index < -0.39 is 0 Å². The number of nitrogens with one attached hydrogen (secondary N) is 1. The second kappa shape index (κ2) is 7.04. The fourth-order valence-electron chi connectivity index (χ4n) is 3.29. The van der Waals surface area contributed by atoms with Gasteiger partial charge in [0.2, 0.25) is 0 Å². The van der Waals surface area contributed by atoms with E-state index in [0.29, 0.717) is 5.56 Å². The Morgan fingerprint density at radius 3 is 2.07 bits per heavy atom. The molecule has 0 aliphatic heterocycles. The van der Waals surface area contributed by atoms with E-state index >= 15 is 0 Å². The van der Waals surface area contributed by atoms with E-state index in [2.05, 4.69) is 40.9 Å². The summed E-state index contributed by atoms with van der Waals surface area (Å²) in [6.45, 7) is 4.03. The van der Waals surface area contributed by atoms with Crippen molar-refractivity contribution in [3.05, 3.63) is 95.1 Å². The number of carbonyl (C=O) groups is 1. The molecule has 4 rings (SSSR count). The average molecular weight is 352 g/mol. The van der Waals surface area contributed by atoms with Crippen LogP contribution < -0.4 is 5.43 Å². The van der Waals surface area contributed by atoms with Crippen LogP contribution in [0.15, 0.2) is 77.9 Å². The molecule has 0 heterocycles. The third kappa shape index (κ3) is 3.32. The molecular formula is C24H20N2O. The summed E-state index contributed by atoms with van der Waals surface area (Å²) < 4.78 is 0. The molecule has 1 amide bonds. The van der Waals surface area contributed by atoms with Gasteiger partial charge in [-0.1, -0.05) is 54.6 Å². The first-order valence-corrected chi connectivity index (χ1v) is 8.94. The third-order valence-corrected chi connectivity index (χ3v) is 4.94. The molecule has 0 aliphatic rings. The van der Waals surface area contributed by atoms with Crippen molar-refractivity contribution in [2.75, 3.05) is 0 Å². The van der Waals surface area contributed by atoms with Crippen LogP contribution in [0.25, 0.3) is 21.5 Å². The largest absolute Gasteiger partial charge is 0.271 e. The lowest BCUT2D eigenvalue weighted by Crippen LogP contribution is -2.17. The molecular weight excluding hydrogens is 332 g/mol. The molecule has 0 fully saturated rings. The van der Waals surface area contributed by atoms with Crippen LogP contribution in [0.3, 0.4) is 0 Å². The van der Waals surface area contributed by atoms with Crippen molar-refractivity contribution in [2.45, 2.75) is 13.8 Å². The normalized spacial score (nSPS) is 11.3. The molecule has 0 saturated heterocycles. The Balaban J connectivity index is 1.69.